The number of nitrogens with one attached hydrogen (secondary N) is 2. The number of aromatic nitrogens is 1. The summed E-state index contributed by atoms with van der Waals surface area (Å²) in [6.07, 6.45) is -4.45. The number of carbonyl (C=O) groups is 2. The van der Waals surface area contributed by atoms with Gasteiger partial charge in [-0.1, -0.05) is 30.3 Å². The molecule has 9 heteroatoms. The Bertz CT molecular complexity index is 1000. The van der Waals surface area contributed by atoms with Gasteiger partial charge in [0.25, 0.3) is 11.8 Å². The van der Waals surface area contributed by atoms with E-state index < -0.39 is 17.6 Å². The highest BCUT2D eigenvalue weighted by Crippen LogP contribution is 2.33. The average Bonchev–Trinajstić information content (AvgIpc) is 3.21. The van der Waals surface area contributed by atoms with Crippen molar-refractivity contribution in [2.75, 3.05) is 13.1 Å². The molecule has 1 heterocycles. The van der Waals surface area contributed by atoms with E-state index in [1.165, 1.54) is 17.5 Å². The molecule has 2 amide bonds. The Morgan fingerprint density at radius 3 is 2.31 bits per heavy atom. The number of amides is 2. The Hall–Kier alpha value is -3.20. The van der Waals surface area contributed by atoms with Crippen LogP contribution in [0.15, 0.2) is 60.0 Å². The second kappa shape index (κ2) is 8.87. The van der Waals surface area contributed by atoms with Crippen LogP contribution < -0.4 is 10.6 Å². The van der Waals surface area contributed by atoms with Crippen molar-refractivity contribution in [2.45, 2.75) is 6.18 Å². The second-order valence-electron chi connectivity index (χ2n) is 5.99. The molecule has 3 rings (SSSR count). The molecule has 0 saturated carbocycles. The summed E-state index contributed by atoms with van der Waals surface area (Å²) in [5.41, 5.74) is 0.144. The van der Waals surface area contributed by atoms with E-state index in [1.54, 1.807) is 30.3 Å². The summed E-state index contributed by atoms with van der Waals surface area (Å²) in [6.45, 7) is 0.415. The summed E-state index contributed by atoms with van der Waals surface area (Å²) in [5.74, 6) is -0.714. The number of thiazole rings is 1. The summed E-state index contributed by atoms with van der Waals surface area (Å²) < 4.78 is 38.5. The predicted octanol–water partition coefficient (Wildman–Crippen LogP) is 3.99. The predicted molar refractivity (Wildman–Crippen MR) is 104 cm³/mol. The molecule has 0 aliphatic heterocycles. The van der Waals surface area contributed by atoms with E-state index in [-0.39, 0.29) is 24.7 Å². The molecule has 2 N–H and O–H groups in total. The third kappa shape index (κ3) is 5.41. The van der Waals surface area contributed by atoms with Gasteiger partial charge in [0.15, 0.2) is 0 Å². The van der Waals surface area contributed by atoms with E-state index in [0.717, 1.165) is 23.5 Å². The Morgan fingerprint density at radius 2 is 1.62 bits per heavy atom. The monoisotopic (exact) mass is 419 g/mol. The summed E-state index contributed by atoms with van der Waals surface area (Å²) in [7, 11) is 0. The van der Waals surface area contributed by atoms with Crippen molar-refractivity contribution in [3.63, 3.8) is 0 Å². The second-order valence-corrected chi connectivity index (χ2v) is 6.85. The molecule has 0 radical (unpaired) electrons. The number of hydrogen-bond donors (Lipinski definition) is 2. The van der Waals surface area contributed by atoms with Crippen LogP contribution in [0.4, 0.5) is 13.2 Å². The first-order valence-corrected chi connectivity index (χ1v) is 9.47. The zero-order valence-corrected chi connectivity index (χ0v) is 15.8. The van der Waals surface area contributed by atoms with E-state index in [1.807, 2.05) is 0 Å². The maximum Gasteiger partial charge on any atom is 0.416 e. The fourth-order valence-electron chi connectivity index (χ4n) is 2.47. The molecule has 0 fully saturated rings. The van der Waals surface area contributed by atoms with Crippen molar-refractivity contribution in [3.05, 3.63) is 76.8 Å². The van der Waals surface area contributed by atoms with E-state index in [9.17, 15) is 22.8 Å². The molecule has 2 aromatic carbocycles. The number of nitrogens with zero attached hydrogens (tertiary/aromatic N) is 1. The third-order valence-electron chi connectivity index (χ3n) is 3.91. The SMILES string of the molecule is O=C(NCCNC(=O)c1csc(-c2cccc(C(F)(F)F)c2)n1)c1ccccc1. The lowest BCUT2D eigenvalue weighted by Crippen LogP contribution is -2.34. The molecule has 5 nitrogen and oxygen atoms in total. The zero-order chi connectivity index (χ0) is 20.9. The first-order chi connectivity index (χ1) is 13.8. The van der Waals surface area contributed by atoms with Crippen LogP contribution in [-0.4, -0.2) is 29.9 Å². The van der Waals surface area contributed by atoms with E-state index in [0.29, 0.717) is 16.1 Å². The van der Waals surface area contributed by atoms with Gasteiger partial charge in [0.2, 0.25) is 0 Å². The fourth-order valence-corrected chi connectivity index (χ4v) is 3.27. The summed E-state index contributed by atoms with van der Waals surface area (Å²) >= 11 is 1.08. The molecule has 0 bridgehead atoms. The van der Waals surface area contributed by atoms with Crippen LogP contribution in [0.1, 0.15) is 26.4 Å². The molecule has 0 unspecified atom stereocenters. The average molecular weight is 419 g/mol. The fraction of sp³-hybridized carbons (Fsp3) is 0.150. The molecular formula is C20H16F3N3O2S. The van der Waals surface area contributed by atoms with Crippen molar-refractivity contribution < 1.29 is 22.8 Å². The number of carbonyl (C=O) groups excluding carboxylic acids is 2. The molecule has 150 valence electrons. The van der Waals surface area contributed by atoms with Gasteiger partial charge in [-0.3, -0.25) is 9.59 Å². The molecule has 29 heavy (non-hydrogen) atoms. The smallest absolute Gasteiger partial charge is 0.350 e. The Labute approximate surface area is 168 Å². The van der Waals surface area contributed by atoms with Crippen molar-refractivity contribution in [1.82, 2.24) is 15.6 Å². The maximum absolute atomic E-state index is 12.8. The minimum atomic E-state index is -4.45. The Kier molecular flexibility index (Phi) is 6.28. The van der Waals surface area contributed by atoms with Gasteiger partial charge in [-0.15, -0.1) is 11.3 Å². The van der Waals surface area contributed by atoms with Crippen LogP contribution in [-0.2, 0) is 6.18 Å². The van der Waals surface area contributed by atoms with Crippen molar-refractivity contribution in [3.8, 4) is 10.6 Å². The van der Waals surface area contributed by atoms with Crippen LogP contribution >= 0.6 is 11.3 Å². The van der Waals surface area contributed by atoms with Gasteiger partial charge in [0, 0.05) is 29.6 Å². The molecule has 0 aliphatic carbocycles. The lowest BCUT2D eigenvalue weighted by atomic mass is 10.1. The highest BCUT2D eigenvalue weighted by molar-refractivity contribution is 7.13. The minimum absolute atomic E-state index is 0.108. The lowest BCUT2D eigenvalue weighted by molar-refractivity contribution is -0.137. The largest absolute Gasteiger partial charge is 0.416 e. The van der Waals surface area contributed by atoms with Crippen LogP contribution in [0, 0.1) is 0 Å². The first kappa shape index (κ1) is 20.5. The maximum atomic E-state index is 12.8. The molecule has 0 aliphatic rings. The molecule has 1 aromatic heterocycles. The quantitative estimate of drug-likeness (QED) is 0.594. The van der Waals surface area contributed by atoms with E-state index in [4.69, 9.17) is 0 Å². The zero-order valence-electron chi connectivity index (χ0n) is 15.0. The van der Waals surface area contributed by atoms with Gasteiger partial charge < -0.3 is 10.6 Å². The lowest BCUT2D eigenvalue weighted by Gasteiger charge is -2.07. The highest BCUT2D eigenvalue weighted by atomic mass is 32.1. The number of halogens is 3. The van der Waals surface area contributed by atoms with Gasteiger partial charge in [0.1, 0.15) is 10.7 Å². The molecule has 0 saturated heterocycles. The normalized spacial score (nSPS) is 11.1. The van der Waals surface area contributed by atoms with Crippen LogP contribution in [0.25, 0.3) is 10.6 Å². The van der Waals surface area contributed by atoms with Gasteiger partial charge in [-0.05, 0) is 24.3 Å². The Morgan fingerprint density at radius 1 is 0.931 bits per heavy atom. The van der Waals surface area contributed by atoms with Gasteiger partial charge in [-0.2, -0.15) is 13.2 Å². The van der Waals surface area contributed by atoms with E-state index in [2.05, 4.69) is 15.6 Å². The summed E-state index contributed by atoms with van der Waals surface area (Å²) in [4.78, 5) is 28.2. The minimum Gasteiger partial charge on any atom is -0.350 e. The first-order valence-electron chi connectivity index (χ1n) is 8.59. The van der Waals surface area contributed by atoms with Crippen LogP contribution in [0.5, 0.6) is 0 Å². The van der Waals surface area contributed by atoms with E-state index >= 15 is 0 Å². The topological polar surface area (TPSA) is 71.1 Å². The summed E-state index contributed by atoms with van der Waals surface area (Å²) in [6, 6.07) is 13.5. The highest BCUT2D eigenvalue weighted by Gasteiger charge is 2.30. The molecule has 0 atom stereocenters. The van der Waals surface area contributed by atoms with Gasteiger partial charge in [0.05, 0.1) is 5.56 Å². The van der Waals surface area contributed by atoms with Crippen molar-refractivity contribution in [1.29, 1.82) is 0 Å². The number of hydrogen-bond acceptors (Lipinski definition) is 4. The molecule has 3 aromatic rings. The number of rotatable bonds is 6. The Balaban J connectivity index is 1.54. The number of alkyl halides is 3. The number of benzene rings is 2. The van der Waals surface area contributed by atoms with Crippen molar-refractivity contribution >= 4 is 23.2 Å². The van der Waals surface area contributed by atoms with Crippen LogP contribution in [0.2, 0.25) is 0 Å². The van der Waals surface area contributed by atoms with Crippen LogP contribution in [0.3, 0.4) is 0 Å². The van der Waals surface area contributed by atoms with Gasteiger partial charge in [-0.25, -0.2) is 4.98 Å². The van der Waals surface area contributed by atoms with Crippen molar-refractivity contribution in [2.24, 2.45) is 0 Å². The van der Waals surface area contributed by atoms with Gasteiger partial charge >= 0.3 is 6.18 Å². The molecule has 0 spiro atoms. The molecular weight excluding hydrogens is 403 g/mol. The third-order valence-corrected chi connectivity index (χ3v) is 4.80. The standard InChI is InChI=1S/C20H16F3N3O2S/c21-20(22,23)15-8-4-7-14(11-15)19-26-16(12-29-19)18(28)25-10-9-24-17(27)13-5-2-1-3-6-13/h1-8,11-12H,9-10H2,(H,24,27)(H,25,28). The summed E-state index contributed by atoms with van der Waals surface area (Å²) in [5, 5.41) is 7.09.